The van der Waals surface area contributed by atoms with Crippen LogP contribution >= 0.6 is 15.9 Å². The average molecular weight is 527 g/mol. The zero-order chi connectivity index (χ0) is 24.7. The van der Waals surface area contributed by atoms with Crippen LogP contribution in [0.5, 0.6) is 28.7 Å². The standard InChI is InChI=1S/C26H23BrO7/c1-30-22-13-16(5-11-20(28)17-7-9-19(27)10-8-17)6-12-21(22)34-26(29)18-14-23(31-2)25(33-4)24(15-18)32-3/h5-15H,1-4H3. The first-order chi connectivity index (χ1) is 16.4. The number of ether oxygens (including phenoxy) is 5. The quantitative estimate of drug-likeness (QED) is 0.155. The first kappa shape index (κ1) is 24.9. The molecule has 0 aliphatic heterocycles. The molecule has 34 heavy (non-hydrogen) atoms. The number of hydrogen-bond acceptors (Lipinski definition) is 7. The van der Waals surface area contributed by atoms with E-state index in [1.165, 1.54) is 46.6 Å². The molecule has 0 unspecified atom stereocenters. The molecule has 0 amide bonds. The summed E-state index contributed by atoms with van der Waals surface area (Å²) in [6.07, 6.45) is 3.14. The number of esters is 1. The van der Waals surface area contributed by atoms with E-state index < -0.39 is 5.97 Å². The molecule has 0 saturated carbocycles. The highest BCUT2D eigenvalue weighted by Gasteiger charge is 2.19. The minimum atomic E-state index is -0.633. The number of carbonyl (C=O) groups is 2. The highest BCUT2D eigenvalue weighted by Crippen LogP contribution is 2.39. The van der Waals surface area contributed by atoms with Gasteiger partial charge >= 0.3 is 5.97 Å². The fourth-order valence-electron chi connectivity index (χ4n) is 3.11. The number of hydrogen-bond donors (Lipinski definition) is 0. The van der Waals surface area contributed by atoms with Crippen LogP contribution in [0.3, 0.4) is 0 Å². The van der Waals surface area contributed by atoms with Gasteiger partial charge in [-0.3, -0.25) is 4.79 Å². The van der Waals surface area contributed by atoms with Crippen molar-refractivity contribution >= 4 is 33.8 Å². The van der Waals surface area contributed by atoms with Crippen LogP contribution in [0.15, 0.2) is 65.1 Å². The SMILES string of the molecule is COc1cc(C=CC(=O)c2ccc(Br)cc2)ccc1OC(=O)c1cc(OC)c(OC)c(OC)c1. The normalized spacial score (nSPS) is 10.6. The number of halogens is 1. The molecule has 3 aromatic rings. The van der Waals surface area contributed by atoms with Gasteiger partial charge in [0.15, 0.2) is 28.8 Å². The number of ketones is 1. The van der Waals surface area contributed by atoms with Gasteiger partial charge in [0, 0.05) is 10.0 Å². The van der Waals surface area contributed by atoms with Crippen molar-refractivity contribution in [2.24, 2.45) is 0 Å². The summed E-state index contributed by atoms with van der Waals surface area (Å²) < 4.78 is 27.7. The minimum Gasteiger partial charge on any atom is -0.493 e. The molecule has 0 aliphatic carbocycles. The van der Waals surface area contributed by atoms with Crippen LogP contribution in [-0.4, -0.2) is 40.2 Å². The van der Waals surface area contributed by atoms with E-state index in [0.29, 0.717) is 34.1 Å². The van der Waals surface area contributed by atoms with E-state index in [-0.39, 0.29) is 17.1 Å². The van der Waals surface area contributed by atoms with Gasteiger partial charge in [0.05, 0.1) is 34.0 Å². The van der Waals surface area contributed by atoms with Crippen molar-refractivity contribution < 1.29 is 33.3 Å². The maximum absolute atomic E-state index is 12.8. The van der Waals surface area contributed by atoms with Gasteiger partial charge < -0.3 is 23.7 Å². The van der Waals surface area contributed by atoms with Crippen molar-refractivity contribution in [1.29, 1.82) is 0 Å². The van der Waals surface area contributed by atoms with Gasteiger partial charge in [0.1, 0.15) is 0 Å². The highest BCUT2D eigenvalue weighted by molar-refractivity contribution is 9.10. The third-order valence-corrected chi connectivity index (χ3v) is 5.38. The second kappa shape index (κ2) is 11.4. The monoisotopic (exact) mass is 526 g/mol. The predicted molar refractivity (Wildman–Crippen MR) is 132 cm³/mol. The third-order valence-electron chi connectivity index (χ3n) is 4.85. The molecule has 7 nitrogen and oxygen atoms in total. The lowest BCUT2D eigenvalue weighted by atomic mass is 10.1. The molecule has 0 aromatic heterocycles. The van der Waals surface area contributed by atoms with Crippen molar-refractivity contribution in [2.75, 3.05) is 28.4 Å². The van der Waals surface area contributed by atoms with Crippen molar-refractivity contribution in [3.63, 3.8) is 0 Å². The van der Waals surface area contributed by atoms with Crippen LogP contribution < -0.4 is 23.7 Å². The molecule has 8 heteroatoms. The summed E-state index contributed by atoms with van der Waals surface area (Å²) in [5, 5.41) is 0. The predicted octanol–water partition coefficient (Wildman–Crippen LogP) is 5.60. The van der Waals surface area contributed by atoms with Crippen molar-refractivity contribution in [2.45, 2.75) is 0 Å². The van der Waals surface area contributed by atoms with Gasteiger partial charge in [-0.05, 0) is 60.2 Å². The van der Waals surface area contributed by atoms with E-state index in [4.69, 9.17) is 23.7 Å². The average Bonchev–Trinajstić information content (AvgIpc) is 2.87. The maximum Gasteiger partial charge on any atom is 0.343 e. The molecule has 0 fully saturated rings. The first-order valence-corrected chi connectivity index (χ1v) is 10.9. The Hall–Kier alpha value is -3.78. The van der Waals surface area contributed by atoms with Gasteiger partial charge in [-0.15, -0.1) is 0 Å². The lowest BCUT2D eigenvalue weighted by Gasteiger charge is -2.14. The molecule has 0 heterocycles. The molecule has 0 atom stereocenters. The summed E-state index contributed by atoms with van der Waals surface area (Å²) in [6, 6.07) is 15.1. The summed E-state index contributed by atoms with van der Waals surface area (Å²) in [5.74, 6) is 0.814. The summed E-state index contributed by atoms with van der Waals surface area (Å²) in [6.45, 7) is 0. The van der Waals surface area contributed by atoms with Gasteiger partial charge in [0.2, 0.25) is 5.75 Å². The number of allylic oxidation sites excluding steroid dienone is 1. The Balaban J connectivity index is 1.80. The van der Waals surface area contributed by atoms with Crippen LogP contribution in [0, 0.1) is 0 Å². The number of methoxy groups -OCH3 is 4. The Morgan fingerprint density at radius 1 is 0.706 bits per heavy atom. The Bertz CT molecular complexity index is 1190. The zero-order valence-electron chi connectivity index (χ0n) is 19.1. The van der Waals surface area contributed by atoms with Crippen molar-refractivity contribution in [1.82, 2.24) is 0 Å². The van der Waals surface area contributed by atoms with Crippen molar-refractivity contribution in [3.8, 4) is 28.7 Å². The Morgan fingerprint density at radius 3 is 1.88 bits per heavy atom. The molecule has 0 radical (unpaired) electrons. The zero-order valence-corrected chi connectivity index (χ0v) is 20.7. The van der Waals surface area contributed by atoms with E-state index in [0.717, 1.165) is 4.47 Å². The third kappa shape index (κ3) is 5.77. The maximum atomic E-state index is 12.8. The molecule has 0 aliphatic rings. The number of rotatable bonds is 9. The van der Waals surface area contributed by atoms with Crippen LogP contribution in [0.1, 0.15) is 26.3 Å². The molecule has 0 spiro atoms. The van der Waals surface area contributed by atoms with Crippen LogP contribution in [0.2, 0.25) is 0 Å². The molecule has 3 rings (SSSR count). The fourth-order valence-corrected chi connectivity index (χ4v) is 3.38. The Kier molecular flexibility index (Phi) is 8.32. The largest absolute Gasteiger partial charge is 0.493 e. The summed E-state index contributed by atoms with van der Waals surface area (Å²) >= 11 is 3.35. The Labute approximate surface area is 206 Å². The topological polar surface area (TPSA) is 80.3 Å². The van der Waals surface area contributed by atoms with Gasteiger partial charge in [-0.25, -0.2) is 4.79 Å². The Morgan fingerprint density at radius 2 is 1.32 bits per heavy atom. The van der Waals surface area contributed by atoms with E-state index in [2.05, 4.69) is 15.9 Å². The summed E-state index contributed by atoms with van der Waals surface area (Å²) in [5.41, 5.74) is 1.48. The van der Waals surface area contributed by atoms with Crippen LogP contribution in [0.4, 0.5) is 0 Å². The van der Waals surface area contributed by atoms with Crippen LogP contribution in [0.25, 0.3) is 6.08 Å². The van der Waals surface area contributed by atoms with Gasteiger partial charge in [-0.2, -0.15) is 0 Å². The molecule has 0 saturated heterocycles. The second-order valence-electron chi connectivity index (χ2n) is 6.92. The smallest absolute Gasteiger partial charge is 0.343 e. The van der Waals surface area contributed by atoms with E-state index in [1.807, 2.05) is 0 Å². The fraction of sp³-hybridized carbons (Fsp3) is 0.154. The highest BCUT2D eigenvalue weighted by atomic mass is 79.9. The molecule has 0 bridgehead atoms. The van der Waals surface area contributed by atoms with Gasteiger partial charge in [-0.1, -0.05) is 28.1 Å². The lowest BCUT2D eigenvalue weighted by Crippen LogP contribution is -2.10. The van der Waals surface area contributed by atoms with E-state index in [1.54, 1.807) is 48.5 Å². The minimum absolute atomic E-state index is 0.135. The summed E-state index contributed by atoms with van der Waals surface area (Å²) in [7, 11) is 5.87. The van der Waals surface area contributed by atoms with E-state index in [9.17, 15) is 9.59 Å². The number of benzene rings is 3. The number of carbonyl (C=O) groups excluding carboxylic acids is 2. The van der Waals surface area contributed by atoms with Crippen molar-refractivity contribution in [3.05, 3.63) is 81.8 Å². The second-order valence-corrected chi connectivity index (χ2v) is 7.83. The molecule has 3 aromatic carbocycles. The molecular weight excluding hydrogens is 504 g/mol. The molecular formula is C26H23BrO7. The summed E-state index contributed by atoms with van der Waals surface area (Å²) in [4.78, 5) is 25.2. The van der Waals surface area contributed by atoms with E-state index >= 15 is 0 Å². The lowest BCUT2D eigenvalue weighted by molar-refractivity contribution is 0.0728. The molecule has 0 N–H and O–H groups in total. The van der Waals surface area contributed by atoms with Gasteiger partial charge in [0.25, 0.3) is 0 Å². The molecule has 176 valence electrons. The van der Waals surface area contributed by atoms with Crippen LogP contribution in [-0.2, 0) is 0 Å². The first-order valence-electron chi connectivity index (χ1n) is 10.1.